The van der Waals surface area contributed by atoms with Crippen LogP contribution < -0.4 is 10.6 Å². The van der Waals surface area contributed by atoms with Crippen LogP contribution in [0, 0.1) is 11.6 Å². The van der Waals surface area contributed by atoms with Crippen LogP contribution in [0.3, 0.4) is 0 Å². The standard InChI is InChI=1S/C23H23F2N3O3S/c1-3-20(23(30)28-19-11-14(24)9-10-16(19)25)32-21-12-15(13-22(29)31-4-2)26-17-7-5-6-8-18(17)27-21/h5-12,20,26H,3-4,13H2,1-2H3,(H,28,30)/t20-/m0/s1. The first-order valence-corrected chi connectivity index (χ1v) is 11.0. The molecule has 2 aromatic rings. The predicted octanol–water partition coefficient (Wildman–Crippen LogP) is 5.41. The van der Waals surface area contributed by atoms with Crippen molar-refractivity contribution in [3.8, 4) is 0 Å². The van der Waals surface area contributed by atoms with Crippen LogP contribution in [-0.4, -0.2) is 28.8 Å². The molecule has 0 unspecified atom stereocenters. The molecule has 3 rings (SSSR count). The van der Waals surface area contributed by atoms with Crippen LogP contribution in [0.4, 0.5) is 25.8 Å². The molecule has 1 heterocycles. The summed E-state index contributed by atoms with van der Waals surface area (Å²) in [5, 5.41) is 5.52. The number of hydrogen-bond donors (Lipinski definition) is 2. The van der Waals surface area contributed by atoms with Gasteiger partial charge < -0.3 is 15.4 Å². The Bertz CT molecular complexity index is 1070. The second kappa shape index (κ2) is 10.9. The average Bonchev–Trinajstić information content (AvgIpc) is 2.92. The number of esters is 1. The van der Waals surface area contributed by atoms with Crippen LogP contribution in [-0.2, 0) is 14.3 Å². The number of aliphatic imine (C=N–C) groups is 1. The fraction of sp³-hybridized carbons (Fsp3) is 0.261. The SMILES string of the molecule is CCOC(=O)CC1=CC(S[C@@H](CC)C(=O)Nc2cc(F)ccc2F)=Nc2ccccc2N1. The number of para-hydroxylation sites is 2. The summed E-state index contributed by atoms with van der Waals surface area (Å²) in [6, 6.07) is 10.2. The second-order valence-electron chi connectivity index (χ2n) is 6.87. The van der Waals surface area contributed by atoms with Gasteiger partial charge >= 0.3 is 5.97 Å². The average molecular weight is 460 g/mol. The molecule has 0 radical (unpaired) electrons. The van der Waals surface area contributed by atoms with Crippen LogP contribution in [0.2, 0.25) is 0 Å². The van der Waals surface area contributed by atoms with Gasteiger partial charge in [-0.2, -0.15) is 0 Å². The molecule has 0 bridgehead atoms. The Hall–Kier alpha value is -3.20. The summed E-state index contributed by atoms with van der Waals surface area (Å²) in [4.78, 5) is 29.4. The minimum Gasteiger partial charge on any atom is -0.466 e. The number of carbonyl (C=O) groups excluding carboxylic acids is 2. The first-order chi connectivity index (χ1) is 15.4. The van der Waals surface area contributed by atoms with E-state index in [2.05, 4.69) is 15.6 Å². The van der Waals surface area contributed by atoms with Crippen molar-refractivity contribution in [2.24, 2.45) is 4.99 Å². The Labute approximate surface area is 189 Å². The van der Waals surface area contributed by atoms with E-state index in [0.29, 0.717) is 22.8 Å². The molecular weight excluding hydrogens is 436 g/mol. The third kappa shape index (κ3) is 6.16. The third-order valence-corrected chi connectivity index (χ3v) is 5.76. The number of anilines is 2. The lowest BCUT2D eigenvalue weighted by Crippen LogP contribution is -2.26. The topological polar surface area (TPSA) is 79.8 Å². The van der Waals surface area contributed by atoms with E-state index in [1.54, 1.807) is 13.0 Å². The van der Waals surface area contributed by atoms with Crippen molar-refractivity contribution < 1.29 is 23.1 Å². The van der Waals surface area contributed by atoms with E-state index in [1.807, 2.05) is 31.2 Å². The summed E-state index contributed by atoms with van der Waals surface area (Å²) < 4.78 is 32.4. The largest absolute Gasteiger partial charge is 0.466 e. The highest BCUT2D eigenvalue weighted by molar-refractivity contribution is 8.15. The molecule has 1 aliphatic heterocycles. The monoisotopic (exact) mass is 459 g/mol. The maximum atomic E-state index is 13.9. The molecule has 9 heteroatoms. The van der Waals surface area contributed by atoms with Crippen LogP contribution in [0.5, 0.6) is 0 Å². The molecule has 1 amide bonds. The van der Waals surface area contributed by atoms with Gasteiger partial charge in [0, 0.05) is 11.8 Å². The summed E-state index contributed by atoms with van der Waals surface area (Å²) >= 11 is 1.18. The lowest BCUT2D eigenvalue weighted by molar-refractivity contribution is -0.142. The minimum atomic E-state index is -0.721. The van der Waals surface area contributed by atoms with Crippen LogP contribution in [0.1, 0.15) is 26.7 Å². The van der Waals surface area contributed by atoms with Gasteiger partial charge in [-0.3, -0.25) is 9.59 Å². The molecule has 0 fully saturated rings. The first-order valence-electron chi connectivity index (χ1n) is 10.1. The van der Waals surface area contributed by atoms with Crippen molar-refractivity contribution in [3.05, 3.63) is 65.9 Å². The van der Waals surface area contributed by atoms with Gasteiger partial charge in [0.2, 0.25) is 5.91 Å². The Morgan fingerprint density at radius 3 is 2.72 bits per heavy atom. The molecule has 2 N–H and O–H groups in total. The number of benzene rings is 2. The molecular formula is C23H23F2N3O3S. The summed E-state index contributed by atoms with van der Waals surface area (Å²) in [7, 11) is 0. The van der Waals surface area contributed by atoms with Crippen LogP contribution in [0.25, 0.3) is 0 Å². The van der Waals surface area contributed by atoms with E-state index in [-0.39, 0.29) is 24.7 Å². The van der Waals surface area contributed by atoms with Gasteiger partial charge in [-0.05, 0) is 43.7 Å². The normalized spacial score (nSPS) is 13.6. The number of ether oxygens (including phenoxy) is 1. The lowest BCUT2D eigenvalue weighted by Gasteiger charge is -2.15. The molecule has 168 valence electrons. The number of carbonyl (C=O) groups is 2. The summed E-state index contributed by atoms with van der Waals surface area (Å²) in [5.41, 5.74) is 1.73. The maximum absolute atomic E-state index is 13.9. The number of hydrogen-bond acceptors (Lipinski definition) is 6. The smallest absolute Gasteiger partial charge is 0.311 e. The lowest BCUT2D eigenvalue weighted by atomic mass is 10.2. The highest BCUT2D eigenvalue weighted by Gasteiger charge is 2.23. The Balaban J connectivity index is 1.83. The Morgan fingerprint density at radius 1 is 1.19 bits per heavy atom. The molecule has 0 saturated carbocycles. The second-order valence-corrected chi connectivity index (χ2v) is 8.09. The zero-order chi connectivity index (χ0) is 23.1. The third-order valence-electron chi connectivity index (χ3n) is 4.48. The zero-order valence-electron chi connectivity index (χ0n) is 17.7. The number of fused-ring (bicyclic) bond motifs is 1. The Kier molecular flexibility index (Phi) is 7.99. The van der Waals surface area contributed by atoms with E-state index in [1.165, 1.54) is 11.8 Å². The highest BCUT2D eigenvalue weighted by atomic mass is 32.2. The van der Waals surface area contributed by atoms with Crippen molar-refractivity contribution in [2.45, 2.75) is 31.9 Å². The number of nitrogens with zero attached hydrogens (tertiary/aromatic N) is 1. The van der Waals surface area contributed by atoms with Crippen molar-refractivity contribution in [1.82, 2.24) is 0 Å². The quantitative estimate of drug-likeness (QED) is 0.542. The molecule has 0 aliphatic carbocycles. The van der Waals surface area contributed by atoms with Crippen molar-refractivity contribution >= 4 is 45.7 Å². The number of halogens is 2. The van der Waals surface area contributed by atoms with Gasteiger partial charge in [0.1, 0.15) is 11.6 Å². The molecule has 0 aromatic heterocycles. The molecule has 0 spiro atoms. The van der Waals surface area contributed by atoms with Gasteiger partial charge in [-0.1, -0.05) is 30.8 Å². The van der Waals surface area contributed by atoms with Gasteiger partial charge in [0.25, 0.3) is 0 Å². The Morgan fingerprint density at radius 2 is 1.97 bits per heavy atom. The van der Waals surface area contributed by atoms with Crippen LogP contribution in [0.15, 0.2) is 59.2 Å². The van der Waals surface area contributed by atoms with Gasteiger partial charge in [-0.15, -0.1) is 0 Å². The molecule has 32 heavy (non-hydrogen) atoms. The number of amides is 1. The number of nitrogens with one attached hydrogen (secondary N) is 2. The maximum Gasteiger partial charge on any atom is 0.311 e. The predicted molar refractivity (Wildman–Crippen MR) is 123 cm³/mol. The minimum absolute atomic E-state index is 0.0131. The van der Waals surface area contributed by atoms with Gasteiger partial charge in [-0.25, -0.2) is 13.8 Å². The van der Waals surface area contributed by atoms with E-state index < -0.39 is 22.8 Å². The fourth-order valence-electron chi connectivity index (χ4n) is 2.98. The molecule has 6 nitrogen and oxygen atoms in total. The summed E-state index contributed by atoms with van der Waals surface area (Å²) in [6.07, 6.45) is 2.13. The highest BCUT2D eigenvalue weighted by Crippen LogP contribution is 2.32. The molecule has 2 aromatic carbocycles. The van der Waals surface area contributed by atoms with E-state index in [4.69, 9.17) is 4.74 Å². The van der Waals surface area contributed by atoms with Gasteiger partial charge in [0.05, 0.1) is 40.4 Å². The van der Waals surface area contributed by atoms with E-state index in [0.717, 1.165) is 23.9 Å². The van der Waals surface area contributed by atoms with Crippen molar-refractivity contribution in [2.75, 3.05) is 17.2 Å². The fourth-order valence-corrected chi connectivity index (χ4v) is 3.97. The van der Waals surface area contributed by atoms with Crippen LogP contribution >= 0.6 is 11.8 Å². The van der Waals surface area contributed by atoms with Gasteiger partial charge in [0.15, 0.2) is 0 Å². The molecule has 1 atom stereocenters. The van der Waals surface area contributed by atoms with E-state index >= 15 is 0 Å². The zero-order valence-corrected chi connectivity index (χ0v) is 18.5. The van der Waals surface area contributed by atoms with E-state index in [9.17, 15) is 18.4 Å². The van der Waals surface area contributed by atoms with Crippen molar-refractivity contribution in [1.29, 1.82) is 0 Å². The number of rotatable bonds is 7. The molecule has 0 saturated heterocycles. The first kappa shape index (κ1) is 23.5. The number of thioether (sulfide) groups is 1. The summed E-state index contributed by atoms with van der Waals surface area (Å²) in [5.74, 6) is -2.23. The molecule has 1 aliphatic rings. The van der Waals surface area contributed by atoms with Crippen molar-refractivity contribution in [3.63, 3.8) is 0 Å². The summed E-state index contributed by atoms with van der Waals surface area (Å²) in [6.45, 7) is 3.82.